The molecule has 0 N–H and O–H groups in total. The van der Waals surface area contributed by atoms with Crippen molar-refractivity contribution in [1.82, 2.24) is 4.57 Å². The molecule has 0 aliphatic heterocycles. The lowest BCUT2D eigenvalue weighted by Crippen LogP contribution is -2.12. The molecule has 1 aromatic carbocycles. The Morgan fingerprint density at radius 2 is 1.96 bits per heavy atom. The Balaban J connectivity index is 2.08. The molecule has 3 rings (SSSR count). The van der Waals surface area contributed by atoms with Crippen molar-refractivity contribution in [2.24, 2.45) is 12.0 Å². The number of hydrogen-bond donors (Lipinski definition) is 0. The highest BCUT2D eigenvalue weighted by molar-refractivity contribution is 7.90. The number of thiazole rings is 1. The predicted molar refractivity (Wildman–Crippen MR) is 94.8 cm³/mol. The van der Waals surface area contributed by atoms with E-state index in [1.807, 2.05) is 0 Å². The van der Waals surface area contributed by atoms with Gasteiger partial charge in [-0.3, -0.25) is 14.9 Å². The fourth-order valence-electron chi connectivity index (χ4n) is 2.13. The smallest absolute Gasteiger partial charge is 0.319 e. The summed E-state index contributed by atoms with van der Waals surface area (Å²) < 4.78 is 25.7. The molecule has 0 aliphatic rings. The molecule has 0 aliphatic carbocycles. The van der Waals surface area contributed by atoms with Crippen LogP contribution in [-0.2, 0) is 16.9 Å². The summed E-state index contributed by atoms with van der Waals surface area (Å²) in [4.78, 5) is 27.1. The third kappa shape index (κ3) is 3.38. The minimum atomic E-state index is -3.33. The van der Waals surface area contributed by atoms with E-state index in [4.69, 9.17) is 0 Å². The molecule has 25 heavy (non-hydrogen) atoms. The molecular formula is C14H11N3O5S3. The SMILES string of the molecule is Cn1c(=NC(=O)c2ccc([N+](=O)[O-])s2)sc2cc(S(C)(=O)=O)ccc21. The second kappa shape index (κ2) is 6.17. The summed E-state index contributed by atoms with van der Waals surface area (Å²) >= 11 is 1.93. The summed E-state index contributed by atoms with van der Waals surface area (Å²) in [6.07, 6.45) is 1.13. The molecule has 0 unspecified atom stereocenters. The summed E-state index contributed by atoms with van der Waals surface area (Å²) in [5, 5.41) is 10.6. The van der Waals surface area contributed by atoms with E-state index in [-0.39, 0.29) is 14.8 Å². The predicted octanol–water partition coefficient (Wildman–Crippen LogP) is 2.35. The standard InChI is InChI=1S/C14H11N3O5S3/c1-16-9-4-3-8(25(2,21)22)7-11(9)24-14(16)15-13(18)10-5-6-12(23-10)17(19)20/h3-7H,1-2H3. The van der Waals surface area contributed by atoms with Crippen molar-refractivity contribution in [3.05, 3.63) is 50.1 Å². The number of fused-ring (bicyclic) bond motifs is 1. The van der Waals surface area contributed by atoms with Gasteiger partial charge in [-0.25, -0.2) is 8.42 Å². The number of amides is 1. The number of carbonyl (C=O) groups excluding carboxylic acids is 1. The van der Waals surface area contributed by atoms with Crippen LogP contribution in [0.15, 0.2) is 40.2 Å². The van der Waals surface area contributed by atoms with Gasteiger partial charge in [0, 0.05) is 19.4 Å². The number of aromatic nitrogens is 1. The maximum Gasteiger partial charge on any atom is 0.324 e. The van der Waals surface area contributed by atoms with Crippen LogP contribution in [0.3, 0.4) is 0 Å². The number of carbonyl (C=O) groups is 1. The van der Waals surface area contributed by atoms with Crippen LogP contribution >= 0.6 is 22.7 Å². The Morgan fingerprint density at radius 3 is 2.56 bits per heavy atom. The maximum atomic E-state index is 12.2. The van der Waals surface area contributed by atoms with Gasteiger partial charge in [-0.1, -0.05) is 22.7 Å². The lowest BCUT2D eigenvalue weighted by Gasteiger charge is -1.99. The van der Waals surface area contributed by atoms with Crippen LogP contribution in [0.5, 0.6) is 0 Å². The van der Waals surface area contributed by atoms with Crippen molar-refractivity contribution < 1.29 is 18.1 Å². The number of nitrogens with zero attached hydrogens (tertiary/aromatic N) is 3. The molecule has 0 fully saturated rings. The molecule has 2 heterocycles. The minimum Gasteiger partial charge on any atom is -0.319 e. The van der Waals surface area contributed by atoms with Gasteiger partial charge in [0.15, 0.2) is 14.6 Å². The number of nitro groups is 1. The van der Waals surface area contributed by atoms with Crippen LogP contribution in [0.1, 0.15) is 9.67 Å². The molecule has 0 spiro atoms. The average molecular weight is 397 g/mol. The van der Waals surface area contributed by atoms with Crippen molar-refractivity contribution in [3.63, 3.8) is 0 Å². The second-order valence-electron chi connectivity index (χ2n) is 5.16. The van der Waals surface area contributed by atoms with Gasteiger partial charge in [-0.15, -0.1) is 0 Å². The number of hydrogen-bond acceptors (Lipinski definition) is 7. The zero-order chi connectivity index (χ0) is 18.4. The van der Waals surface area contributed by atoms with Gasteiger partial charge in [0.05, 0.1) is 20.0 Å². The van der Waals surface area contributed by atoms with E-state index < -0.39 is 20.7 Å². The molecule has 0 saturated carbocycles. The number of aryl methyl sites for hydroxylation is 1. The summed E-state index contributed by atoms with van der Waals surface area (Å²) in [5.74, 6) is -0.580. The molecule has 1 amide bonds. The highest BCUT2D eigenvalue weighted by Gasteiger charge is 2.16. The first-order valence-electron chi connectivity index (χ1n) is 6.80. The molecule has 11 heteroatoms. The Bertz CT molecular complexity index is 1180. The van der Waals surface area contributed by atoms with Crippen LogP contribution in [0.4, 0.5) is 5.00 Å². The Morgan fingerprint density at radius 1 is 1.24 bits per heavy atom. The molecular weight excluding hydrogens is 386 g/mol. The van der Waals surface area contributed by atoms with Crippen LogP contribution in [0, 0.1) is 10.1 Å². The fourth-order valence-corrected chi connectivity index (χ4v) is 4.62. The summed E-state index contributed by atoms with van der Waals surface area (Å²) in [6, 6.07) is 7.32. The highest BCUT2D eigenvalue weighted by Crippen LogP contribution is 2.25. The minimum absolute atomic E-state index is 0.128. The second-order valence-corrected chi connectivity index (χ2v) is 9.24. The molecule has 0 radical (unpaired) electrons. The van der Waals surface area contributed by atoms with Crippen molar-refractivity contribution >= 4 is 53.6 Å². The van der Waals surface area contributed by atoms with Crippen molar-refractivity contribution in [2.75, 3.05) is 6.26 Å². The molecule has 8 nitrogen and oxygen atoms in total. The molecule has 0 bridgehead atoms. The normalized spacial score (nSPS) is 12.6. The van der Waals surface area contributed by atoms with Gasteiger partial charge in [-0.2, -0.15) is 4.99 Å². The van der Waals surface area contributed by atoms with Crippen molar-refractivity contribution in [3.8, 4) is 0 Å². The maximum absolute atomic E-state index is 12.2. The van der Waals surface area contributed by atoms with Crippen LogP contribution < -0.4 is 4.80 Å². The van der Waals surface area contributed by atoms with E-state index in [1.54, 1.807) is 17.7 Å². The van der Waals surface area contributed by atoms with E-state index in [0.29, 0.717) is 9.50 Å². The monoisotopic (exact) mass is 397 g/mol. The average Bonchev–Trinajstić information content (AvgIpc) is 3.12. The Labute approximate surface area is 149 Å². The van der Waals surface area contributed by atoms with Gasteiger partial charge < -0.3 is 4.57 Å². The largest absolute Gasteiger partial charge is 0.324 e. The lowest BCUT2D eigenvalue weighted by atomic mass is 10.3. The summed E-state index contributed by atoms with van der Waals surface area (Å²) in [7, 11) is -1.62. The number of benzene rings is 1. The molecule has 130 valence electrons. The molecule has 0 atom stereocenters. The first-order valence-corrected chi connectivity index (χ1v) is 10.3. The van der Waals surface area contributed by atoms with E-state index >= 15 is 0 Å². The fraction of sp³-hybridized carbons (Fsp3) is 0.143. The van der Waals surface area contributed by atoms with E-state index in [2.05, 4.69) is 4.99 Å². The van der Waals surface area contributed by atoms with Gasteiger partial charge in [-0.05, 0) is 24.3 Å². The topological polar surface area (TPSA) is 112 Å². The quantitative estimate of drug-likeness (QED) is 0.497. The third-order valence-corrected chi connectivity index (χ3v) is 6.62. The van der Waals surface area contributed by atoms with Gasteiger partial charge in [0.1, 0.15) is 4.88 Å². The number of sulfone groups is 1. The first kappa shape index (κ1) is 17.5. The Kier molecular flexibility index (Phi) is 4.31. The summed E-state index contributed by atoms with van der Waals surface area (Å²) in [6.45, 7) is 0. The first-order chi connectivity index (χ1) is 11.7. The molecule has 3 aromatic rings. The zero-order valence-electron chi connectivity index (χ0n) is 13.0. The van der Waals surface area contributed by atoms with Gasteiger partial charge >= 0.3 is 5.00 Å². The van der Waals surface area contributed by atoms with Gasteiger partial charge in [0.2, 0.25) is 0 Å². The number of thiophene rings is 1. The highest BCUT2D eigenvalue weighted by atomic mass is 32.2. The molecule has 2 aromatic heterocycles. The summed E-state index contributed by atoms with van der Waals surface area (Å²) in [5.41, 5.74) is 0.737. The zero-order valence-corrected chi connectivity index (χ0v) is 15.4. The lowest BCUT2D eigenvalue weighted by molar-refractivity contribution is -0.380. The van der Waals surface area contributed by atoms with E-state index in [9.17, 15) is 23.3 Å². The van der Waals surface area contributed by atoms with Crippen molar-refractivity contribution in [2.45, 2.75) is 4.90 Å². The third-order valence-electron chi connectivity index (χ3n) is 3.39. The number of rotatable bonds is 3. The van der Waals surface area contributed by atoms with E-state index in [1.165, 1.54) is 35.6 Å². The Hall–Kier alpha value is -2.37. The van der Waals surface area contributed by atoms with Gasteiger partial charge in [0.25, 0.3) is 5.91 Å². The van der Waals surface area contributed by atoms with Crippen LogP contribution in [0.25, 0.3) is 10.2 Å². The van der Waals surface area contributed by atoms with Crippen LogP contribution in [-0.4, -0.2) is 30.1 Å². The van der Waals surface area contributed by atoms with Crippen LogP contribution in [0.2, 0.25) is 0 Å². The molecule has 0 saturated heterocycles. The van der Waals surface area contributed by atoms with E-state index in [0.717, 1.165) is 23.1 Å². The van der Waals surface area contributed by atoms with Crippen molar-refractivity contribution in [1.29, 1.82) is 0 Å².